The van der Waals surface area contributed by atoms with Crippen molar-refractivity contribution in [2.24, 2.45) is 5.92 Å². The van der Waals surface area contributed by atoms with Gasteiger partial charge in [0.05, 0.1) is 25.6 Å². The third-order valence-corrected chi connectivity index (χ3v) is 11.4. The molecule has 4 heterocycles. The van der Waals surface area contributed by atoms with Crippen molar-refractivity contribution < 1.29 is 47.7 Å². The fourth-order valence-electron chi connectivity index (χ4n) is 8.63. The second kappa shape index (κ2) is 20.6. The zero-order valence-electron chi connectivity index (χ0n) is 35.2. The molecule has 0 radical (unpaired) electrons. The molecule has 4 N–H and O–H groups in total. The Morgan fingerprint density at radius 2 is 1.68 bits per heavy atom. The maximum atomic E-state index is 14.5. The number of fused-ring (bicyclic) bond motifs is 7. The molecule has 2 aromatic rings. The molecule has 6 bridgehead atoms. The van der Waals surface area contributed by atoms with Crippen LogP contribution in [0.5, 0.6) is 5.75 Å². The van der Waals surface area contributed by atoms with Crippen LogP contribution in [0.2, 0.25) is 0 Å². The van der Waals surface area contributed by atoms with Gasteiger partial charge in [0.2, 0.25) is 23.5 Å². The standard InChI is InChI=1S/C45H61N5O10/c1-5-14-32(40(53)43(55)46-25-36(52)49-38(30-18-10-7-11-19-30)44(56)60-45(2,3)4)48-42(54)39-41-34-27-50(39)26-33(29-16-8-6-9-17-29)47-35(51)24-28-15-12-20-31(23-28)57-22-13-21-37(58-34)59-41/h7,10-12,15,18-20,23,29,32-34,37-39,41H,5-6,8-9,13-14,16-17,21-22,24-27H2,1-4H3,(H,46,55)(H,47,51)(H,48,54)(H,49,52)/t32-,33+,34-,37-,38-,39-,41-/m0/s1. The number of Topliss-reactive ketones (excluding diaryl/α,β-unsaturated/α-hetero) is 1. The number of nitrogens with zero attached hydrogens (tertiary/aromatic N) is 1. The SMILES string of the molecule is CCC[C@H](NC(=O)[C@@H]1[C@H]2O[C@H]3CCCOc4cccc(c4)CC(=O)N[C@@H](C4CCCCC4)CN1C[C@@H]2O3)C(=O)C(=O)NCC(=O)N[C@H](C(=O)OC(C)(C)C)c1ccccc1. The summed E-state index contributed by atoms with van der Waals surface area (Å²) in [7, 11) is 0. The Balaban J connectivity index is 1.15. The zero-order valence-corrected chi connectivity index (χ0v) is 35.2. The summed E-state index contributed by atoms with van der Waals surface area (Å²) in [5.41, 5.74) is 0.517. The van der Waals surface area contributed by atoms with Gasteiger partial charge in [0.15, 0.2) is 12.3 Å². The van der Waals surface area contributed by atoms with Crippen molar-refractivity contribution in [3.63, 3.8) is 0 Å². The Morgan fingerprint density at radius 3 is 2.42 bits per heavy atom. The highest BCUT2D eigenvalue weighted by Gasteiger charge is 2.53. The van der Waals surface area contributed by atoms with Crippen molar-refractivity contribution in [2.45, 2.75) is 140 Å². The van der Waals surface area contributed by atoms with E-state index < -0.39 is 78.2 Å². The summed E-state index contributed by atoms with van der Waals surface area (Å²) in [4.78, 5) is 83.2. The average Bonchev–Trinajstić information content (AvgIpc) is 3.76. The molecule has 5 aliphatic rings. The molecule has 7 rings (SSSR count). The molecule has 0 aromatic heterocycles. The van der Waals surface area contributed by atoms with E-state index in [4.69, 9.17) is 18.9 Å². The molecule has 3 fully saturated rings. The van der Waals surface area contributed by atoms with Crippen molar-refractivity contribution in [3.05, 3.63) is 65.7 Å². The van der Waals surface area contributed by atoms with Gasteiger partial charge in [0, 0.05) is 25.6 Å². The van der Waals surface area contributed by atoms with E-state index in [1.165, 1.54) is 0 Å². The first kappa shape index (κ1) is 44.7. The van der Waals surface area contributed by atoms with Crippen molar-refractivity contribution in [3.8, 4) is 5.75 Å². The number of ketones is 1. The molecule has 2 saturated heterocycles. The molecule has 4 amide bonds. The molecule has 15 nitrogen and oxygen atoms in total. The monoisotopic (exact) mass is 831 g/mol. The van der Waals surface area contributed by atoms with E-state index in [1.807, 2.05) is 36.1 Å². The smallest absolute Gasteiger partial charge is 0.333 e. The molecule has 8 atom stereocenters. The van der Waals surface area contributed by atoms with Crippen LogP contribution in [-0.2, 0) is 49.4 Å². The van der Waals surface area contributed by atoms with Gasteiger partial charge in [-0.1, -0.05) is 75.1 Å². The summed E-state index contributed by atoms with van der Waals surface area (Å²) in [5.74, 6) is -3.06. The maximum absolute atomic E-state index is 14.5. The lowest BCUT2D eigenvalue weighted by Crippen LogP contribution is -2.58. The molecule has 2 aromatic carbocycles. The lowest BCUT2D eigenvalue weighted by atomic mass is 9.83. The Labute approximate surface area is 352 Å². The molecule has 60 heavy (non-hydrogen) atoms. The molecular formula is C45H61N5O10. The Kier molecular flexibility index (Phi) is 15.3. The summed E-state index contributed by atoms with van der Waals surface area (Å²) >= 11 is 0. The Hall–Kier alpha value is -4.86. The van der Waals surface area contributed by atoms with Gasteiger partial charge in [0.1, 0.15) is 29.6 Å². The van der Waals surface area contributed by atoms with Crippen LogP contribution in [0.1, 0.15) is 103 Å². The van der Waals surface area contributed by atoms with E-state index in [2.05, 4.69) is 21.3 Å². The van der Waals surface area contributed by atoms with Crippen molar-refractivity contribution in [1.82, 2.24) is 26.2 Å². The van der Waals surface area contributed by atoms with Crippen LogP contribution < -0.4 is 26.0 Å². The highest BCUT2D eigenvalue weighted by atomic mass is 16.7. The van der Waals surface area contributed by atoms with E-state index >= 15 is 0 Å². The van der Waals surface area contributed by atoms with Crippen LogP contribution in [0, 0.1) is 5.92 Å². The molecule has 0 spiro atoms. The van der Waals surface area contributed by atoms with Crippen LogP contribution in [0.15, 0.2) is 54.6 Å². The number of nitrogens with one attached hydrogen (secondary N) is 4. The van der Waals surface area contributed by atoms with E-state index in [1.54, 1.807) is 51.1 Å². The van der Waals surface area contributed by atoms with Crippen molar-refractivity contribution >= 4 is 35.4 Å². The minimum absolute atomic E-state index is 0.117. The number of carbonyl (C=O) groups excluding carboxylic acids is 6. The summed E-state index contributed by atoms with van der Waals surface area (Å²) in [6, 6.07) is 12.7. The van der Waals surface area contributed by atoms with Gasteiger partial charge in [-0.3, -0.25) is 28.9 Å². The number of carbonyl (C=O) groups is 6. The van der Waals surface area contributed by atoms with E-state index in [9.17, 15) is 28.8 Å². The topological polar surface area (TPSA) is 191 Å². The number of benzene rings is 2. The van der Waals surface area contributed by atoms with Gasteiger partial charge in [-0.2, -0.15) is 0 Å². The molecule has 4 aliphatic heterocycles. The number of esters is 1. The van der Waals surface area contributed by atoms with Crippen LogP contribution in [-0.4, -0.2) is 109 Å². The third-order valence-electron chi connectivity index (χ3n) is 11.4. The maximum Gasteiger partial charge on any atom is 0.333 e. The fourth-order valence-corrected chi connectivity index (χ4v) is 8.63. The largest absolute Gasteiger partial charge is 0.494 e. The minimum atomic E-state index is -1.19. The van der Waals surface area contributed by atoms with E-state index in [0.29, 0.717) is 50.3 Å². The molecule has 326 valence electrons. The summed E-state index contributed by atoms with van der Waals surface area (Å²) in [6.45, 7) is 7.55. The first-order valence-electron chi connectivity index (χ1n) is 21.5. The first-order valence-corrected chi connectivity index (χ1v) is 21.5. The predicted octanol–water partition coefficient (Wildman–Crippen LogP) is 3.43. The van der Waals surface area contributed by atoms with Crippen molar-refractivity contribution in [2.75, 3.05) is 26.2 Å². The van der Waals surface area contributed by atoms with Crippen LogP contribution in [0.4, 0.5) is 0 Å². The van der Waals surface area contributed by atoms with Crippen LogP contribution >= 0.6 is 0 Å². The first-order chi connectivity index (χ1) is 28.8. The molecular weight excluding hydrogens is 771 g/mol. The van der Waals surface area contributed by atoms with Gasteiger partial charge in [-0.25, -0.2) is 4.79 Å². The predicted molar refractivity (Wildman–Crippen MR) is 220 cm³/mol. The van der Waals surface area contributed by atoms with Gasteiger partial charge < -0.3 is 40.2 Å². The number of rotatable bonds is 12. The summed E-state index contributed by atoms with van der Waals surface area (Å²) in [5, 5.41) is 11.2. The molecule has 1 unspecified atom stereocenters. The van der Waals surface area contributed by atoms with Crippen LogP contribution in [0.25, 0.3) is 0 Å². The van der Waals surface area contributed by atoms with E-state index in [0.717, 1.165) is 37.7 Å². The Bertz CT molecular complexity index is 1830. The second-order valence-corrected chi connectivity index (χ2v) is 17.3. The quantitative estimate of drug-likeness (QED) is 0.181. The summed E-state index contributed by atoms with van der Waals surface area (Å²) in [6.07, 6.45) is 5.52. The Morgan fingerprint density at radius 1 is 0.917 bits per heavy atom. The zero-order chi connectivity index (χ0) is 42.8. The van der Waals surface area contributed by atoms with E-state index in [-0.39, 0.29) is 30.7 Å². The fraction of sp³-hybridized carbons (Fsp3) is 0.600. The number of ether oxygens (including phenoxy) is 4. The lowest BCUT2D eigenvalue weighted by Gasteiger charge is -2.36. The summed E-state index contributed by atoms with van der Waals surface area (Å²) < 4.78 is 24.3. The molecule has 15 heteroatoms. The van der Waals surface area contributed by atoms with Gasteiger partial charge >= 0.3 is 5.97 Å². The van der Waals surface area contributed by atoms with Gasteiger partial charge in [-0.15, -0.1) is 0 Å². The lowest BCUT2D eigenvalue weighted by molar-refractivity contribution is -0.158. The number of hydrogen-bond donors (Lipinski definition) is 4. The molecule has 1 saturated carbocycles. The highest BCUT2D eigenvalue weighted by molar-refractivity contribution is 6.38. The van der Waals surface area contributed by atoms with Gasteiger partial charge in [0.25, 0.3) is 5.91 Å². The van der Waals surface area contributed by atoms with Crippen LogP contribution in [0.3, 0.4) is 0 Å². The van der Waals surface area contributed by atoms with Crippen molar-refractivity contribution in [1.29, 1.82) is 0 Å². The molecule has 1 aliphatic carbocycles. The normalized spacial score (nSPS) is 25.8. The number of amides is 4. The second-order valence-electron chi connectivity index (χ2n) is 17.3. The van der Waals surface area contributed by atoms with Gasteiger partial charge in [-0.05, 0) is 75.6 Å². The number of hydrogen-bond acceptors (Lipinski definition) is 11. The minimum Gasteiger partial charge on any atom is -0.494 e. The average molecular weight is 832 g/mol. The highest BCUT2D eigenvalue weighted by Crippen LogP contribution is 2.35. The third kappa shape index (κ3) is 12.1.